The van der Waals surface area contributed by atoms with Gasteiger partial charge in [0.15, 0.2) is 15.4 Å². The number of hydrogen-bond acceptors (Lipinski definition) is 5. The monoisotopic (exact) mass is 277 g/mol. The minimum Gasteiger partial charge on any atom is -0.479 e. The zero-order chi connectivity index (χ0) is 13.4. The van der Waals surface area contributed by atoms with Crippen LogP contribution in [0.25, 0.3) is 0 Å². The molecule has 2 unspecified atom stereocenters. The van der Waals surface area contributed by atoms with Gasteiger partial charge in [-0.2, -0.15) is 0 Å². The highest BCUT2D eigenvalue weighted by molar-refractivity contribution is 7.91. The van der Waals surface area contributed by atoms with E-state index in [1.54, 1.807) is 0 Å². The van der Waals surface area contributed by atoms with E-state index < -0.39 is 33.2 Å². The fourth-order valence-electron chi connectivity index (χ4n) is 2.23. The molecule has 2 atom stereocenters. The topological polar surface area (TPSA) is 110 Å². The highest BCUT2D eigenvalue weighted by Gasteiger charge is 2.46. The zero-order valence-corrected chi connectivity index (χ0v) is 10.5. The lowest BCUT2D eigenvalue weighted by molar-refractivity contribution is -0.148. The van der Waals surface area contributed by atoms with Crippen molar-refractivity contribution in [3.05, 3.63) is 0 Å². The van der Waals surface area contributed by atoms with Crippen molar-refractivity contribution in [3.8, 4) is 0 Å². The standard InChI is InChI=1S/C10H15NO6S/c12-8(7-1-4-18(15,16)5-7)11-10(9(13)14)2-3-17-6-10/h7H,1-6H2,(H,11,12)(H,13,14). The average Bonchev–Trinajstić information content (AvgIpc) is 2.85. The van der Waals surface area contributed by atoms with E-state index in [0.29, 0.717) is 0 Å². The lowest BCUT2D eigenvalue weighted by atomic mass is 9.97. The first-order chi connectivity index (χ1) is 8.35. The molecule has 18 heavy (non-hydrogen) atoms. The summed E-state index contributed by atoms with van der Waals surface area (Å²) in [5.74, 6) is -2.51. The summed E-state index contributed by atoms with van der Waals surface area (Å²) in [7, 11) is -3.15. The van der Waals surface area contributed by atoms with Crippen molar-refractivity contribution >= 4 is 21.7 Å². The van der Waals surface area contributed by atoms with Gasteiger partial charge in [-0.25, -0.2) is 13.2 Å². The summed E-state index contributed by atoms with van der Waals surface area (Å²) in [5, 5.41) is 11.6. The molecule has 0 saturated carbocycles. The van der Waals surface area contributed by atoms with Crippen LogP contribution in [0.5, 0.6) is 0 Å². The Balaban J connectivity index is 2.05. The molecule has 1 amide bonds. The number of hydrogen-bond donors (Lipinski definition) is 2. The van der Waals surface area contributed by atoms with Crippen molar-refractivity contribution in [1.29, 1.82) is 0 Å². The zero-order valence-electron chi connectivity index (χ0n) is 9.72. The van der Waals surface area contributed by atoms with Gasteiger partial charge >= 0.3 is 5.97 Å². The molecule has 0 aromatic rings. The minimum atomic E-state index is -3.15. The number of nitrogens with one attached hydrogen (secondary N) is 1. The maximum atomic E-state index is 11.9. The highest BCUT2D eigenvalue weighted by atomic mass is 32.2. The summed E-state index contributed by atoms with van der Waals surface area (Å²) in [6.07, 6.45) is 0.457. The predicted octanol–water partition coefficient (Wildman–Crippen LogP) is -1.22. The van der Waals surface area contributed by atoms with E-state index in [0.717, 1.165) is 0 Å². The number of aliphatic carboxylic acids is 1. The lowest BCUT2D eigenvalue weighted by Crippen LogP contribution is -2.56. The first-order valence-corrected chi connectivity index (χ1v) is 7.50. The molecule has 2 fully saturated rings. The van der Waals surface area contributed by atoms with Gasteiger partial charge in [0.05, 0.1) is 24.0 Å². The van der Waals surface area contributed by atoms with Crippen molar-refractivity contribution in [2.24, 2.45) is 5.92 Å². The Bertz CT molecular complexity index is 465. The molecule has 2 heterocycles. The third-order valence-electron chi connectivity index (χ3n) is 3.40. The fourth-order valence-corrected chi connectivity index (χ4v) is 3.97. The highest BCUT2D eigenvalue weighted by Crippen LogP contribution is 2.23. The van der Waals surface area contributed by atoms with Crippen LogP contribution in [0.2, 0.25) is 0 Å². The van der Waals surface area contributed by atoms with Crippen molar-refractivity contribution in [3.63, 3.8) is 0 Å². The molecule has 0 bridgehead atoms. The summed E-state index contributed by atoms with van der Waals surface area (Å²) < 4.78 is 27.6. The van der Waals surface area contributed by atoms with E-state index in [-0.39, 0.29) is 37.6 Å². The Kier molecular flexibility index (Phi) is 3.33. The Morgan fingerprint density at radius 3 is 2.56 bits per heavy atom. The maximum Gasteiger partial charge on any atom is 0.331 e. The van der Waals surface area contributed by atoms with E-state index in [4.69, 9.17) is 9.84 Å². The summed E-state index contributed by atoms with van der Waals surface area (Å²) in [4.78, 5) is 23.1. The second-order valence-corrected chi connectivity index (χ2v) is 7.01. The van der Waals surface area contributed by atoms with Gasteiger partial charge in [-0.05, 0) is 6.42 Å². The summed E-state index contributed by atoms with van der Waals surface area (Å²) in [5.41, 5.74) is -1.40. The molecule has 2 saturated heterocycles. The Hall–Kier alpha value is -1.15. The first-order valence-electron chi connectivity index (χ1n) is 5.68. The van der Waals surface area contributed by atoms with Crippen molar-refractivity contribution in [2.75, 3.05) is 24.7 Å². The van der Waals surface area contributed by atoms with Gasteiger partial charge in [0, 0.05) is 13.0 Å². The van der Waals surface area contributed by atoms with Crippen LogP contribution in [0, 0.1) is 5.92 Å². The Morgan fingerprint density at radius 2 is 2.11 bits per heavy atom. The van der Waals surface area contributed by atoms with E-state index in [1.807, 2.05) is 0 Å². The van der Waals surface area contributed by atoms with Crippen molar-refractivity contribution in [1.82, 2.24) is 5.32 Å². The fraction of sp³-hybridized carbons (Fsp3) is 0.800. The number of carboxylic acid groups (broad SMARTS) is 1. The van der Waals surface area contributed by atoms with Gasteiger partial charge < -0.3 is 15.2 Å². The van der Waals surface area contributed by atoms with Crippen LogP contribution in [0.1, 0.15) is 12.8 Å². The van der Waals surface area contributed by atoms with Gasteiger partial charge in [0.2, 0.25) is 5.91 Å². The average molecular weight is 277 g/mol. The summed E-state index contributed by atoms with van der Waals surface area (Å²) in [6, 6.07) is 0. The molecule has 2 N–H and O–H groups in total. The van der Waals surface area contributed by atoms with Crippen LogP contribution >= 0.6 is 0 Å². The van der Waals surface area contributed by atoms with Crippen LogP contribution in [0.4, 0.5) is 0 Å². The molecule has 0 aromatic heterocycles. The Labute approximate surface area is 104 Å². The van der Waals surface area contributed by atoms with Gasteiger partial charge in [-0.1, -0.05) is 0 Å². The smallest absolute Gasteiger partial charge is 0.331 e. The summed E-state index contributed by atoms with van der Waals surface area (Å²) in [6.45, 7) is 0.198. The predicted molar refractivity (Wildman–Crippen MR) is 60.7 cm³/mol. The van der Waals surface area contributed by atoms with E-state index in [1.165, 1.54) is 0 Å². The molecule has 0 spiro atoms. The molecule has 0 aliphatic carbocycles. The van der Waals surface area contributed by atoms with Gasteiger partial charge in [-0.15, -0.1) is 0 Å². The van der Waals surface area contributed by atoms with Crippen molar-refractivity contribution < 1.29 is 27.9 Å². The molecule has 7 nitrogen and oxygen atoms in total. The van der Waals surface area contributed by atoms with Crippen molar-refractivity contribution in [2.45, 2.75) is 18.4 Å². The molecular weight excluding hydrogens is 262 g/mol. The SMILES string of the molecule is O=C(NC1(C(=O)O)CCOC1)C1CCS(=O)(=O)C1. The largest absolute Gasteiger partial charge is 0.479 e. The molecule has 8 heteroatoms. The molecule has 0 aromatic carbocycles. The molecule has 2 rings (SSSR count). The minimum absolute atomic E-state index is 0.0122. The molecular formula is C10H15NO6S. The van der Waals surface area contributed by atoms with Crippen LogP contribution in [-0.4, -0.2) is 55.7 Å². The van der Waals surface area contributed by atoms with Crippen LogP contribution in [0.15, 0.2) is 0 Å². The van der Waals surface area contributed by atoms with E-state index in [9.17, 15) is 18.0 Å². The molecule has 2 aliphatic heterocycles. The first kappa shape index (κ1) is 13.3. The molecule has 0 radical (unpaired) electrons. The second kappa shape index (κ2) is 4.51. The van der Waals surface area contributed by atoms with Crippen LogP contribution in [0.3, 0.4) is 0 Å². The number of carbonyl (C=O) groups is 2. The number of carboxylic acids is 1. The number of ether oxygens (including phenoxy) is 1. The quantitative estimate of drug-likeness (QED) is 0.669. The number of amides is 1. The Morgan fingerprint density at radius 1 is 1.39 bits per heavy atom. The number of rotatable bonds is 3. The number of carbonyl (C=O) groups excluding carboxylic acids is 1. The molecule has 2 aliphatic rings. The van der Waals surface area contributed by atoms with Gasteiger partial charge in [0.25, 0.3) is 0 Å². The maximum absolute atomic E-state index is 11.9. The van der Waals surface area contributed by atoms with Crippen LogP contribution < -0.4 is 5.32 Å². The summed E-state index contributed by atoms with van der Waals surface area (Å²) >= 11 is 0. The third-order valence-corrected chi connectivity index (χ3v) is 5.16. The van der Waals surface area contributed by atoms with Crippen LogP contribution in [-0.2, 0) is 24.2 Å². The van der Waals surface area contributed by atoms with Gasteiger partial charge in [0.1, 0.15) is 0 Å². The lowest BCUT2D eigenvalue weighted by Gasteiger charge is -2.25. The molecule has 102 valence electrons. The van der Waals surface area contributed by atoms with Gasteiger partial charge in [-0.3, -0.25) is 4.79 Å². The third kappa shape index (κ3) is 2.49. The number of sulfone groups is 1. The van der Waals surface area contributed by atoms with E-state index in [2.05, 4.69) is 5.32 Å². The van der Waals surface area contributed by atoms with E-state index >= 15 is 0 Å². The normalized spacial score (nSPS) is 34.3. The second-order valence-electron chi connectivity index (χ2n) is 4.78.